The van der Waals surface area contributed by atoms with Crippen LogP contribution in [0, 0.1) is 17.7 Å². The molecule has 1 saturated carbocycles. The van der Waals surface area contributed by atoms with E-state index < -0.39 is 11.8 Å². The van der Waals surface area contributed by atoms with Crippen molar-refractivity contribution in [2.75, 3.05) is 4.90 Å². The standard InChI is InChI=1S/C27H29FN2O4/c1-16(2)30(26(31)19-10-8-17(3)9-11-19)23-15-22(28)24(14-21(23)27(32)33)34-25-20-7-5-4-6-18(20)12-13-29-25/h4-7,12-17,19H,8-11H2,1-3H3,(H,32,33). The number of benzene rings is 2. The van der Waals surface area contributed by atoms with Crippen molar-refractivity contribution in [3.63, 3.8) is 0 Å². The molecule has 0 aliphatic heterocycles. The first-order chi connectivity index (χ1) is 16.3. The third-order valence-electron chi connectivity index (χ3n) is 6.50. The fraction of sp³-hybridized carbons (Fsp3) is 0.370. The van der Waals surface area contributed by atoms with Gasteiger partial charge in [0.15, 0.2) is 11.6 Å². The van der Waals surface area contributed by atoms with Crippen LogP contribution in [-0.4, -0.2) is 28.0 Å². The van der Waals surface area contributed by atoms with E-state index in [4.69, 9.17) is 4.74 Å². The number of hydrogen-bond donors (Lipinski definition) is 1. The number of rotatable bonds is 6. The Morgan fingerprint density at radius 1 is 1.12 bits per heavy atom. The topological polar surface area (TPSA) is 79.7 Å². The van der Waals surface area contributed by atoms with Gasteiger partial charge in [0.1, 0.15) is 0 Å². The second-order valence-electron chi connectivity index (χ2n) is 9.30. The number of carboxylic acids is 1. The van der Waals surface area contributed by atoms with E-state index in [9.17, 15) is 14.7 Å². The van der Waals surface area contributed by atoms with Crippen molar-refractivity contribution in [2.45, 2.75) is 52.5 Å². The SMILES string of the molecule is CC1CCC(C(=O)N(c2cc(F)c(Oc3nccc4ccccc34)cc2C(=O)O)C(C)C)CC1. The molecule has 1 fully saturated rings. The Morgan fingerprint density at radius 3 is 2.50 bits per heavy atom. The molecule has 1 N–H and O–H groups in total. The Labute approximate surface area is 198 Å². The number of aromatic carboxylic acids is 1. The molecule has 1 aromatic heterocycles. The van der Waals surface area contributed by atoms with Crippen molar-refractivity contribution >= 4 is 28.3 Å². The summed E-state index contributed by atoms with van der Waals surface area (Å²) in [7, 11) is 0. The first-order valence-electron chi connectivity index (χ1n) is 11.7. The van der Waals surface area contributed by atoms with Crippen LogP contribution in [0.2, 0.25) is 0 Å². The molecule has 0 unspecified atom stereocenters. The zero-order chi connectivity index (χ0) is 24.4. The number of pyridine rings is 1. The molecule has 178 valence electrons. The van der Waals surface area contributed by atoms with Crippen molar-refractivity contribution in [2.24, 2.45) is 11.8 Å². The van der Waals surface area contributed by atoms with Crippen LogP contribution < -0.4 is 9.64 Å². The van der Waals surface area contributed by atoms with E-state index in [0.717, 1.165) is 43.2 Å². The quantitative estimate of drug-likeness (QED) is 0.455. The van der Waals surface area contributed by atoms with Crippen LogP contribution in [0.4, 0.5) is 10.1 Å². The highest BCUT2D eigenvalue weighted by Gasteiger charge is 2.33. The summed E-state index contributed by atoms with van der Waals surface area (Å²) in [5.41, 5.74) is -0.148. The zero-order valence-corrected chi connectivity index (χ0v) is 19.6. The molecule has 7 heteroatoms. The lowest BCUT2D eigenvalue weighted by atomic mass is 9.82. The zero-order valence-electron chi connectivity index (χ0n) is 19.6. The molecule has 0 spiro atoms. The maximum atomic E-state index is 15.3. The van der Waals surface area contributed by atoms with Gasteiger partial charge in [-0.05, 0) is 63.0 Å². The number of anilines is 1. The lowest BCUT2D eigenvalue weighted by Crippen LogP contribution is -2.43. The number of fused-ring (bicyclic) bond motifs is 1. The van der Waals surface area contributed by atoms with Crippen LogP contribution in [0.5, 0.6) is 11.6 Å². The minimum absolute atomic E-state index is 0.0434. The van der Waals surface area contributed by atoms with Crippen molar-refractivity contribution in [3.05, 3.63) is 60.0 Å². The van der Waals surface area contributed by atoms with E-state index >= 15 is 4.39 Å². The predicted octanol–water partition coefficient (Wildman–Crippen LogP) is 6.43. The van der Waals surface area contributed by atoms with E-state index in [0.29, 0.717) is 11.3 Å². The van der Waals surface area contributed by atoms with Gasteiger partial charge < -0.3 is 14.7 Å². The Balaban J connectivity index is 1.72. The Bertz CT molecular complexity index is 1210. The van der Waals surface area contributed by atoms with Crippen LogP contribution in [-0.2, 0) is 4.79 Å². The number of nitrogens with zero attached hydrogens (tertiary/aromatic N) is 2. The normalized spacial score (nSPS) is 18.1. The Morgan fingerprint density at radius 2 is 1.82 bits per heavy atom. The first kappa shape index (κ1) is 23.7. The lowest BCUT2D eigenvalue weighted by Gasteiger charge is -2.34. The largest absolute Gasteiger partial charge is 0.478 e. The maximum absolute atomic E-state index is 15.3. The molecule has 4 rings (SSSR count). The fourth-order valence-electron chi connectivity index (χ4n) is 4.62. The average Bonchev–Trinajstić information content (AvgIpc) is 2.81. The minimum Gasteiger partial charge on any atom is -0.478 e. The maximum Gasteiger partial charge on any atom is 0.337 e. The van der Waals surface area contributed by atoms with Gasteiger partial charge >= 0.3 is 5.97 Å². The van der Waals surface area contributed by atoms with Crippen LogP contribution in [0.3, 0.4) is 0 Å². The summed E-state index contributed by atoms with van der Waals surface area (Å²) in [6.07, 6.45) is 4.96. The van der Waals surface area contributed by atoms with Gasteiger partial charge in [0.05, 0.1) is 11.3 Å². The number of carbonyl (C=O) groups excluding carboxylic acids is 1. The van der Waals surface area contributed by atoms with E-state index in [1.807, 2.05) is 24.3 Å². The summed E-state index contributed by atoms with van der Waals surface area (Å²) in [5, 5.41) is 11.5. The Kier molecular flexibility index (Phi) is 6.82. The molecule has 34 heavy (non-hydrogen) atoms. The summed E-state index contributed by atoms with van der Waals surface area (Å²) in [4.78, 5) is 31.2. The minimum atomic E-state index is -1.26. The molecule has 0 atom stereocenters. The van der Waals surface area contributed by atoms with E-state index in [1.165, 1.54) is 4.90 Å². The van der Waals surface area contributed by atoms with Crippen molar-refractivity contribution in [1.29, 1.82) is 0 Å². The molecular weight excluding hydrogens is 435 g/mol. The monoisotopic (exact) mass is 464 g/mol. The van der Waals surface area contributed by atoms with Gasteiger partial charge in [-0.1, -0.05) is 25.1 Å². The van der Waals surface area contributed by atoms with Crippen LogP contribution in [0.1, 0.15) is 56.8 Å². The summed E-state index contributed by atoms with van der Waals surface area (Å²) in [6, 6.07) is 11.1. The van der Waals surface area contributed by atoms with Gasteiger partial charge in [0, 0.05) is 35.7 Å². The number of halogens is 1. The highest BCUT2D eigenvalue weighted by atomic mass is 19.1. The number of amides is 1. The number of carbonyl (C=O) groups is 2. The molecular formula is C27H29FN2O4. The average molecular weight is 465 g/mol. The first-order valence-corrected chi connectivity index (χ1v) is 11.7. The highest BCUT2D eigenvalue weighted by molar-refractivity contribution is 6.03. The summed E-state index contributed by atoms with van der Waals surface area (Å²) in [6.45, 7) is 5.77. The molecule has 6 nitrogen and oxygen atoms in total. The molecule has 1 aliphatic carbocycles. The molecule has 1 aliphatic rings. The van der Waals surface area contributed by atoms with Crippen molar-refractivity contribution < 1.29 is 23.8 Å². The second kappa shape index (κ2) is 9.79. The van der Waals surface area contributed by atoms with Gasteiger partial charge in [-0.15, -0.1) is 0 Å². The predicted molar refractivity (Wildman–Crippen MR) is 129 cm³/mol. The van der Waals surface area contributed by atoms with E-state index in [2.05, 4.69) is 11.9 Å². The number of aromatic nitrogens is 1. The Hall–Kier alpha value is -3.48. The van der Waals surface area contributed by atoms with Gasteiger partial charge in [0.25, 0.3) is 0 Å². The summed E-state index contributed by atoms with van der Waals surface area (Å²) in [5.74, 6) is -1.89. The van der Waals surface area contributed by atoms with Gasteiger partial charge in [-0.2, -0.15) is 0 Å². The second-order valence-corrected chi connectivity index (χ2v) is 9.30. The fourth-order valence-corrected chi connectivity index (χ4v) is 4.62. The van der Waals surface area contributed by atoms with Gasteiger partial charge in [0.2, 0.25) is 11.8 Å². The van der Waals surface area contributed by atoms with Gasteiger partial charge in [-0.3, -0.25) is 4.79 Å². The number of carboxylic acid groups (broad SMARTS) is 1. The van der Waals surface area contributed by atoms with Crippen molar-refractivity contribution in [1.82, 2.24) is 4.98 Å². The third-order valence-corrected chi connectivity index (χ3v) is 6.50. The number of ether oxygens (including phenoxy) is 1. The van der Waals surface area contributed by atoms with Gasteiger partial charge in [-0.25, -0.2) is 14.2 Å². The third kappa shape index (κ3) is 4.74. The van der Waals surface area contributed by atoms with Crippen LogP contribution in [0.15, 0.2) is 48.7 Å². The molecule has 0 saturated heterocycles. The lowest BCUT2D eigenvalue weighted by molar-refractivity contribution is -0.123. The van der Waals surface area contributed by atoms with Crippen LogP contribution >= 0.6 is 0 Å². The molecule has 0 bridgehead atoms. The molecule has 3 aromatic rings. The van der Waals surface area contributed by atoms with Crippen LogP contribution in [0.25, 0.3) is 10.8 Å². The molecule has 1 amide bonds. The molecule has 2 aromatic carbocycles. The number of hydrogen-bond acceptors (Lipinski definition) is 4. The van der Waals surface area contributed by atoms with E-state index in [-0.39, 0.29) is 40.7 Å². The summed E-state index contributed by atoms with van der Waals surface area (Å²) < 4.78 is 21.0. The van der Waals surface area contributed by atoms with E-state index in [1.54, 1.807) is 26.1 Å². The highest BCUT2D eigenvalue weighted by Crippen LogP contribution is 2.37. The smallest absolute Gasteiger partial charge is 0.337 e. The molecule has 0 radical (unpaired) electrons. The van der Waals surface area contributed by atoms with Crippen molar-refractivity contribution in [3.8, 4) is 11.6 Å². The summed E-state index contributed by atoms with van der Waals surface area (Å²) >= 11 is 0. The molecule has 1 heterocycles.